The topological polar surface area (TPSA) is 38.7 Å². The molecule has 0 saturated heterocycles. The van der Waals surface area contributed by atoms with E-state index in [9.17, 15) is 5.11 Å². The van der Waals surface area contributed by atoms with Crippen LogP contribution in [0.5, 0.6) is 28.7 Å². The molecule has 0 bridgehead atoms. The van der Waals surface area contributed by atoms with Gasteiger partial charge in [0.05, 0.1) is 0 Å². The van der Waals surface area contributed by atoms with Crippen LogP contribution in [0.2, 0.25) is 0 Å². The van der Waals surface area contributed by atoms with Gasteiger partial charge in [0.25, 0.3) is 0 Å². The van der Waals surface area contributed by atoms with Crippen LogP contribution in [0, 0.1) is 7.14 Å². The number of ether oxygens (including phenoxy) is 2. The first kappa shape index (κ1) is 16.4. The standard InChI is InChI=1S/C18H12I2O3/c19-12-1-5-15(6-2-12)22-17-9-14(21)10-18(11-17)23-16-7-3-13(20)4-8-16/h1-11,21H. The zero-order chi connectivity index (χ0) is 16.2. The van der Waals surface area contributed by atoms with Crippen LogP contribution >= 0.6 is 45.2 Å². The molecule has 0 unspecified atom stereocenters. The van der Waals surface area contributed by atoms with Gasteiger partial charge in [0.1, 0.15) is 28.7 Å². The Labute approximate surface area is 161 Å². The SMILES string of the molecule is Oc1cc(Oc2ccc(I)cc2)cc(Oc2ccc(I)cc2)c1. The summed E-state index contributed by atoms with van der Waals surface area (Å²) in [6, 6.07) is 20.2. The predicted octanol–water partition coefficient (Wildman–Crippen LogP) is 6.19. The third kappa shape index (κ3) is 4.74. The molecule has 5 heteroatoms. The zero-order valence-corrected chi connectivity index (χ0v) is 16.2. The molecule has 0 aliphatic carbocycles. The van der Waals surface area contributed by atoms with Crippen LogP contribution in [0.1, 0.15) is 0 Å². The van der Waals surface area contributed by atoms with Crippen LogP contribution in [-0.4, -0.2) is 5.11 Å². The number of hydrogen-bond donors (Lipinski definition) is 1. The van der Waals surface area contributed by atoms with Crippen molar-refractivity contribution in [2.24, 2.45) is 0 Å². The molecule has 0 atom stereocenters. The quantitative estimate of drug-likeness (QED) is 0.410. The van der Waals surface area contributed by atoms with Crippen molar-refractivity contribution in [2.45, 2.75) is 0 Å². The molecule has 1 N–H and O–H groups in total. The van der Waals surface area contributed by atoms with E-state index in [1.807, 2.05) is 48.5 Å². The summed E-state index contributed by atoms with van der Waals surface area (Å²) in [7, 11) is 0. The average Bonchev–Trinajstić information content (AvgIpc) is 2.51. The zero-order valence-electron chi connectivity index (χ0n) is 11.9. The molecule has 3 aromatic rings. The van der Waals surface area contributed by atoms with Crippen molar-refractivity contribution in [3.63, 3.8) is 0 Å². The second-order valence-corrected chi connectivity index (χ2v) is 7.27. The molecule has 0 radical (unpaired) electrons. The van der Waals surface area contributed by atoms with Crippen molar-refractivity contribution in [1.82, 2.24) is 0 Å². The molecule has 0 aliphatic rings. The van der Waals surface area contributed by atoms with Crippen molar-refractivity contribution < 1.29 is 14.6 Å². The third-order valence-corrected chi connectivity index (χ3v) is 4.40. The van der Waals surface area contributed by atoms with E-state index in [2.05, 4.69) is 45.2 Å². The Balaban J connectivity index is 1.81. The molecule has 0 spiro atoms. The summed E-state index contributed by atoms with van der Waals surface area (Å²) in [4.78, 5) is 0. The van der Waals surface area contributed by atoms with E-state index >= 15 is 0 Å². The van der Waals surface area contributed by atoms with E-state index in [0.717, 1.165) is 7.14 Å². The van der Waals surface area contributed by atoms with Gasteiger partial charge in [-0.2, -0.15) is 0 Å². The molecule has 116 valence electrons. The molecule has 0 aliphatic heterocycles. The molecule has 0 amide bonds. The largest absolute Gasteiger partial charge is 0.508 e. The van der Waals surface area contributed by atoms with Gasteiger partial charge >= 0.3 is 0 Å². The van der Waals surface area contributed by atoms with Crippen molar-refractivity contribution in [3.8, 4) is 28.7 Å². The highest BCUT2D eigenvalue weighted by Crippen LogP contribution is 2.33. The Hall–Kier alpha value is -1.48. The molecule has 3 rings (SSSR count). The van der Waals surface area contributed by atoms with E-state index in [-0.39, 0.29) is 5.75 Å². The first-order valence-corrected chi connectivity index (χ1v) is 8.95. The highest BCUT2D eigenvalue weighted by Gasteiger charge is 2.05. The van der Waals surface area contributed by atoms with Gasteiger partial charge in [-0.3, -0.25) is 0 Å². The molecule has 0 heterocycles. The molecular weight excluding hydrogens is 518 g/mol. The predicted molar refractivity (Wildman–Crippen MR) is 107 cm³/mol. The second-order valence-electron chi connectivity index (χ2n) is 4.77. The highest BCUT2D eigenvalue weighted by atomic mass is 127. The van der Waals surface area contributed by atoms with Crippen molar-refractivity contribution in [3.05, 3.63) is 73.9 Å². The average molecular weight is 530 g/mol. The number of benzene rings is 3. The number of phenolic OH excluding ortho intramolecular Hbond substituents is 1. The van der Waals surface area contributed by atoms with Crippen LogP contribution in [0.4, 0.5) is 0 Å². The summed E-state index contributed by atoms with van der Waals surface area (Å²) < 4.78 is 13.8. The third-order valence-electron chi connectivity index (χ3n) is 2.96. The van der Waals surface area contributed by atoms with Gasteiger partial charge in [-0.05, 0) is 93.7 Å². The smallest absolute Gasteiger partial charge is 0.134 e. The van der Waals surface area contributed by atoms with E-state index in [1.54, 1.807) is 18.2 Å². The maximum absolute atomic E-state index is 9.88. The van der Waals surface area contributed by atoms with Gasteiger partial charge < -0.3 is 14.6 Å². The van der Waals surface area contributed by atoms with Crippen LogP contribution in [0.15, 0.2) is 66.7 Å². The van der Waals surface area contributed by atoms with Crippen LogP contribution in [-0.2, 0) is 0 Å². The van der Waals surface area contributed by atoms with Gasteiger partial charge in [0, 0.05) is 25.3 Å². The van der Waals surface area contributed by atoms with E-state index in [0.29, 0.717) is 23.0 Å². The second kappa shape index (κ2) is 7.39. The van der Waals surface area contributed by atoms with Gasteiger partial charge in [-0.1, -0.05) is 0 Å². The van der Waals surface area contributed by atoms with Gasteiger partial charge in [-0.15, -0.1) is 0 Å². The van der Waals surface area contributed by atoms with Crippen LogP contribution in [0.25, 0.3) is 0 Å². The van der Waals surface area contributed by atoms with Gasteiger partial charge in [0.2, 0.25) is 0 Å². The number of hydrogen-bond acceptors (Lipinski definition) is 3. The highest BCUT2D eigenvalue weighted by molar-refractivity contribution is 14.1. The lowest BCUT2D eigenvalue weighted by molar-refractivity contribution is 0.435. The number of rotatable bonds is 4. The normalized spacial score (nSPS) is 10.3. The summed E-state index contributed by atoms with van der Waals surface area (Å²) in [5.41, 5.74) is 0. The molecule has 3 aromatic carbocycles. The monoisotopic (exact) mass is 530 g/mol. The molecule has 23 heavy (non-hydrogen) atoms. The summed E-state index contributed by atoms with van der Waals surface area (Å²) in [5, 5.41) is 9.88. The Kier molecular flexibility index (Phi) is 5.27. The lowest BCUT2D eigenvalue weighted by Gasteiger charge is -2.10. The number of halogens is 2. The lowest BCUT2D eigenvalue weighted by Crippen LogP contribution is -1.88. The summed E-state index contributed by atoms with van der Waals surface area (Å²) in [6.07, 6.45) is 0. The number of aromatic hydroxyl groups is 1. The minimum Gasteiger partial charge on any atom is -0.508 e. The van der Waals surface area contributed by atoms with Crippen LogP contribution in [0.3, 0.4) is 0 Å². The number of phenols is 1. The summed E-state index contributed by atoms with van der Waals surface area (Å²) in [6.45, 7) is 0. The molecular formula is C18H12I2O3. The minimum absolute atomic E-state index is 0.0912. The first-order chi connectivity index (χ1) is 11.1. The Morgan fingerprint density at radius 2 is 0.957 bits per heavy atom. The van der Waals surface area contributed by atoms with E-state index in [1.165, 1.54) is 0 Å². The summed E-state index contributed by atoms with van der Waals surface area (Å²) in [5.74, 6) is 2.54. The van der Waals surface area contributed by atoms with Gasteiger partial charge in [0.15, 0.2) is 0 Å². The molecule has 0 fully saturated rings. The Morgan fingerprint density at radius 1 is 0.565 bits per heavy atom. The summed E-state index contributed by atoms with van der Waals surface area (Å²) >= 11 is 4.47. The van der Waals surface area contributed by atoms with E-state index < -0.39 is 0 Å². The fourth-order valence-corrected chi connectivity index (χ4v) is 2.67. The molecule has 0 saturated carbocycles. The van der Waals surface area contributed by atoms with Crippen molar-refractivity contribution >= 4 is 45.2 Å². The molecule has 0 aromatic heterocycles. The first-order valence-electron chi connectivity index (χ1n) is 6.79. The Bertz CT molecular complexity index is 734. The maximum atomic E-state index is 9.88. The minimum atomic E-state index is 0.0912. The Morgan fingerprint density at radius 3 is 1.35 bits per heavy atom. The van der Waals surface area contributed by atoms with E-state index in [4.69, 9.17) is 9.47 Å². The van der Waals surface area contributed by atoms with Gasteiger partial charge in [-0.25, -0.2) is 0 Å². The fraction of sp³-hybridized carbons (Fsp3) is 0. The lowest BCUT2D eigenvalue weighted by atomic mass is 10.3. The van der Waals surface area contributed by atoms with Crippen LogP contribution < -0.4 is 9.47 Å². The van der Waals surface area contributed by atoms with Crippen molar-refractivity contribution in [1.29, 1.82) is 0 Å². The van der Waals surface area contributed by atoms with Crippen molar-refractivity contribution in [2.75, 3.05) is 0 Å². The maximum Gasteiger partial charge on any atom is 0.134 e. The fourth-order valence-electron chi connectivity index (χ4n) is 1.95. The molecule has 3 nitrogen and oxygen atoms in total.